The van der Waals surface area contributed by atoms with E-state index in [0.717, 1.165) is 39.6 Å². The fraction of sp³-hybridized carbons (Fsp3) is 0.296. The highest BCUT2D eigenvalue weighted by Crippen LogP contribution is 2.43. The van der Waals surface area contributed by atoms with E-state index < -0.39 is 5.92 Å². The van der Waals surface area contributed by atoms with Crippen LogP contribution in [-0.4, -0.2) is 33.1 Å². The van der Waals surface area contributed by atoms with E-state index in [2.05, 4.69) is 14.5 Å². The van der Waals surface area contributed by atoms with Gasteiger partial charge < -0.3 is 14.2 Å². The summed E-state index contributed by atoms with van der Waals surface area (Å²) in [6.07, 6.45) is 0. The zero-order chi connectivity index (χ0) is 23.9. The van der Waals surface area contributed by atoms with Crippen molar-refractivity contribution in [2.75, 3.05) is 7.11 Å². The van der Waals surface area contributed by atoms with Crippen LogP contribution in [0.4, 0.5) is 0 Å². The van der Waals surface area contributed by atoms with Gasteiger partial charge in [-0.05, 0) is 64.4 Å². The maximum absolute atomic E-state index is 13.0. The zero-order valence-corrected chi connectivity index (χ0v) is 20.0. The summed E-state index contributed by atoms with van der Waals surface area (Å²) < 4.78 is 7.41. The summed E-state index contributed by atoms with van der Waals surface area (Å²) in [4.78, 5) is 32.7. The van der Waals surface area contributed by atoms with Crippen LogP contribution in [-0.2, 0) is 16.3 Å². The number of nitrogens with zero attached hydrogens (tertiary/aromatic N) is 3. The molecule has 2 aromatic carbocycles. The van der Waals surface area contributed by atoms with Gasteiger partial charge in [0, 0.05) is 28.5 Å². The number of rotatable bonds is 6. The minimum Gasteiger partial charge on any atom is -0.497 e. The maximum atomic E-state index is 13.0. The molecule has 6 heteroatoms. The first kappa shape index (κ1) is 22.5. The van der Waals surface area contributed by atoms with Gasteiger partial charge in [0.2, 0.25) is 0 Å². The summed E-state index contributed by atoms with van der Waals surface area (Å²) in [6, 6.07) is 15.6. The van der Waals surface area contributed by atoms with Crippen LogP contribution in [0.15, 0.2) is 71.1 Å². The van der Waals surface area contributed by atoms with Crippen LogP contribution in [0.2, 0.25) is 0 Å². The fourth-order valence-corrected chi connectivity index (χ4v) is 4.88. The Bertz CT molecular complexity index is 1270. The predicted octanol–water partition coefficient (Wildman–Crippen LogP) is 5.14. The van der Waals surface area contributed by atoms with Crippen LogP contribution in [0.25, 0.3) is 11.0 Å². The van der Waals surface area contributed by atoms with Crippen molar-refractivity contribution in [3.05, 3.63) is 82.5 Å². The van der Waals surface area contributed by atoms with Crippen molar-refractivity contribution in [3.8, 4) is 5.75 Å². The molecule has 1 aliphatic rings. The largest absolute Gasteiger partial charge is 0.497 e. The number of hydrogen-bond acceptors (Lipinski definition) is 5. The molecule has 3 aromatic rings. The fourth-order valence-electron chi connectivity index (χ4n) is 4.88. The number of imidazole rings is 1. The molecule has 0 fully saturated rings. The van der Waals surface area contributed by atoms with E-state index in [1.54, 1.807) is 21.0 Å². The average Bonchev–Trinajstić information content (AvgIpc) is 3.10. The number of Topliss-reactive ketones (excluding diaryl/α,β-unsaturated/α-hetero) is 2. The van der Waals surface area contributed by atoms with E-state index >= 15 is 0 Å². The third-order valence-corrected chi connectivity index (χ3v) is 6.50. The van der Waals surface area contributed by atoms with Crippen LogP contribution in [0.1, 0.15) is 45.0 Å². The SMILES string of the molecule is COc1ccc(C2C(C(C)=O)=C(C)N(Cn3c(C)nc4ccccc43)C(C)=C2C(C)=O)cc1. The molecule has 0 bridgehead atoms. The maximum Gasteiger partial charge on any atom is 0.158 e. The summed E-state index contributed by atoms with van der Waals surface area (Å²) in [7, 11) is 1.62. The monoisotopic (exact) mass is 443 g/mol. The Morgan fingerprint density at radius 3 is 2.03 bits per heavy atom. The number of carbonyl (C=O) groups is 2. The van der Waals surface area contributed by atoms with E-state index in [0.29, 0.717) is 17.8 Å². The molecule has 0 unspecified atom stereocenters. The van der Waals surface area contributed by atoms with Gasteiger partial charge in [0.25, 0.3) is 0 Å². The van der Waals surface area contributed by atoms with Gasteiger partial charge >= 0.3 is 0 Å². The minimum atomic E-state index is -0.414. The van der Waals surface area contributed by atoms with Crippen molar-refractivity contribution < 1.29 is 14.3 Å². The molecule has 0 N–H and O–H groups in total. The van der Waals surface area contributed by atoms with E-state index in [-0.39, 0.29) is 11.6 Å². The van der Waals surface area contributed by atoms with Gasteiger partial charge in [0.1, 0.15) is 18.2 Å². The van der Waals surface area contributed by atoms with Crippen molar-refractivity contribution in [1.29, 1.82) is 0 Å². The van der Waals surface area contributed by atoms with Gasteiger partial charge in [-0.2, -0.15) is 0 Å². The number of para-hydroxylation sites is 2. The number of methoxy groups -OCH3 is 1. The molecule has 0 spiro atoms. The van der Waals surface area contributed by atoms with E-state index in [1.165, 1.54) is 0 Å². The number of carbonyl (C=O) groups excluding carboxylic acids is 2. The molecule has 0 saturated heterocycles. The Hall–Kier alpha value is -3.67. The van der Waals surface area contributed by atoms with E-state index in [1.807, 2.05) is 69.3 Å². The lowest BCUT2D eigenvalue weighted by molar-refractivity contribution is -0.114. The highest BCUT2D eigenvalue weighted by molar-refractivity contribution is 6.03. The van der Waals surface area contributed by atoms with Crippen molar-refractivity contribution in [2.24, 2.45) is 0 Å². The van der Waals surface area contributed by atoms with Gasteiger partial charge in [0.05, 0.1) is 18.1 Å². The van der Waals surface area contributed by atoms with Gasteiger partial charge in [-0.1, -0.05) is 24.3 Å². The quantitative estimate of drug-likeness (QED) is 0.528. The van der Waals surface area contributed by atoms with Crippen molar-refractivity contribution in [3.63, 3.8) is 0 Å². The van der Waals surface area contributed by atoms with Crippen molar-refractivity contribution >= 4 is 22.6 Å². The zero-order valence-electron chi connectivity index (χ0n) is 20.0. The Kier molecular flexibility index (Phi) is 5.93. The second-order valence-electron chi connectivity index (χ2n) is 8.46. The summed E-state index contributed by atoms with van der Waals surface area (Å²) in [6.45, 7) is 9.50. The second kappa shape index (κ2) is 8.70. The highest BCUT2D eigenvalue weighted by Gasteiger charge is 2.36. The predicted molar refractivity (Wildman–Crippen MR) is 129 cm³/mol. The normalized spacial score (nSPS) is 14.9. The van der Waals surface area contributed by atoms with Gasteiger partial charge in [0.15, 0.2) is 11.6 Å². The van der Waals surface area contributed by atoms with Crippen molar-refractivity contribution in [1.82, 2.24) is 14.5 Å². The van der Waals surface area contributed by atoms with Crippen LogP contribution in [0, 0.1) is 6.92 Å². The molecule has 170 valence electrons. The topological polar surface area (TPSA) is 64.4 Å². The van der Waals surface area contributed by atoms with Crippen LogP contribution in [0.3, 0.4) is 0 Å². The van der Waals surface area contributed by atoms with Gasteiger partial charge in [-0.15, -0.1) is 0 Å². The Morgan fingerprint density at radius 2 is 1.48 bits per heavy atom. The highest BCUT2D eigenvalue weighted by atomic mass is 16.5. The van der Waals surface area contributed by atoms with Gasteiger partial charge in [-0.3, -0.25) is 9.59 Å². The molecule has 33 heavy (non-hydrogen) atoms. The first-order valence-corrected chi connectivity index (χ1v) is 11.0. The summed E-state index contributed by atoms with van der Waals surface area (Å²) in [5.74, 6) is 1.10. The Balaban J connectivity index is 1.88. The molecule has 0 atom stereocenters. The number of hydrogen-bond donors (Lipinski definition) is 0. The molecule has 0 aliphatic carbocycles. The Labute approximate surface area is 194 Å². The third kappa shape index (κ3) is 3.86. The smallest absolute Gasteiger partial charge is 0.158 e. The third-order valence-electron chi connectivity index (χ3n) is 6.50. The van der Waals surface area contributed by atoms with Crippen molar-refractivity contribution in [2.45, 2.75) is 47.2 Å². The summed E-state index contributed by atoms with van der Waals surface area (Å²) >= 11 is 0. The Morgan fingerprint density at radius 1 is 0.909 bits per heavy atom. The molecule has 6 nitrogen and oxygen atoms in total. The molecule has 0 saturated carbocycles. The molecule has 1 aliphatic heterocycles. The molecule has 2 heterocycles. The molecule has 4 rings (SSSR count). The lowest BCUT2D eigenvalue weighted by Crippen LogP contribution is -2.34. The number of ketones is 2. The summed E-state index contributed by atoms with van der Waals surface area (Å²) in [5, 5.41) is 0. The number of fused-ring (bicyclic) bond motifs is 1. The first-order chi connectivity index (χ1) is 15.7. The van der Waals surface area contributed by atoms with Crippen LogP contribution < -0.4 is 4.74 Å². The molecular formula is C27H29N3O3. The first-order valence-electron chi connectivity index (χ1n) is 11.0. The number of benzene rings is 2. The van der Waals surface area contributed by atoms with Crippen LogP contribution in [0.5, 0.6) is 5.75 Å². The lowest BCUT2D eigenvalue weighted by atomic mass is 9.77. The number of allylic oxidation sites excluding steroid dienone is 4. The average molecular weight is 444 g/mol. The van der Waals surface area contributed by atoms with E-state index in [4.69, 9.17) is 4.74 Å². The van der Waals surface area contributed by atoms with Gasteiger partial charge in [-0.25, -0.2) is 4.98 Å². The molecular weight excluding hydrogens is 414 g/mol. The number of aromatic nitrogens is 2. The summed E-state index contributed by atoms with van der Waals surface area (Å²) in [5.41, 5.74) is 5.81. The minimum absolute atomic E-state index is 0.0446. The number of ether oxygens (including phenoxy) is 1. The molecule has 0 amide bonds. The number of aryl methyl sites for hydroxylation is 1. The molecule has 0 radical (unpaired) electrons. The van der Waals surface area contributed by atoms with E-state index in [9.17, 15) is 9.59 Å². The standard InChI is InChI=1S/C27H29N3O3/c1-16-25(18(3)31)27(21-11-13-22(33-6)14-12-21)26(19(4)32)17(2)29(16)15-30-20(5)28-23-9-7-8-10-24(23)30/h7-14,27H,15H2,1-6H3. The molecule has 1 aromatic heterocycles. The van der Waals surface area contributed by atoms with Crippen LogP contribution >= 0.6 is 0 Å². The lowest BCUT2D eigenvalue weighted by Gasteiger charge is -2.38. The second-order valence-corrected chi connectivity index (χ2v) is 8.46.